The van der Waals surface area contributed by atoms with Crippen molar-refractivity contribution in [1.82, 2.24) is 20.2 Å². The van der Waals surface area contributed by atoms with E-state index >= 15 is 0 Å². The first-order chi connectivity index (χ1) is 17.4. The smallest absolute Gasteiger partial charge is 0.264 e. The highest BCUT2D eigenvalue weighted by atomic mass is 16.5. The third-order valence-electron chi connectivity index (χ3n) is 7.86. The van der Waals surface area contributed by atoms with Crippen LogP contribution >= 0.6 is 0 Å². The summed E-state index contributed by atoms with van der Waals surface area (Å²) in [4.78, 5) is 23.0. The Kier molecular flexibility index (Phi) is 5.11. The van der Waals surface area contributed by atoms with Crippen LogP contribution in [0, 0.1) is 5.41 Å². The van der Waals surface area contributed by atoms with Crippen molar-refractivity contribution in [1.29, 1.82) is 0 Å². The first-order valence-corrected chi connectivity index (χ1v) is 12.0. The lowest BCUT2D eigenvalue weighted by Crippen LogP contribution is -2.45. The molecule has 0 bridgehead atoms. The number of nitrogens with one attached hydrogen (secondary N) is 2. The molecule has 36 heavy (non-hydrogen) atoms. The van der Waals surface area contributed by atoms with Crippen LogP contribution in [0.15, 0.2) is 53.8 Å². The predicted molar refractivity (Wildman–Crippen MR) is 138 cm³/mol. The van der Waals surface area contributed by atoms with Gasteiger partial charge in [-0.3, -0.25) is 14.9 Å². The van der Waals surface area contributed by atoms with Gasteiger partial charge in [0.1, 0.15) is 22.6 Å². The summed E-state index contributed by atoms with van der Waals surface area (Å²) in [5.74, 6) is 1.10. The van der Waals surface area contributed by atoms with Gasteiger partial charge in [0.15, 0.2) is 5.65 Å². The highest BCUT2D eigenvalue weighted by molar-refractivity contribution is 5.93. The molecular weight excluding hydrogens is 456 g/mol. The summed E-state index contributed by atoms with van der Waals surface area (Å²) >= 11 is 0. The van der Waals surface area contributed by atoms with E-state index in [1.54, 1.807) is 6.07 Å². The molecular formula is C27H28N6O3. The standard InChI is InChI=1S/C27H28N6O3/c1-15(19-13-17(34)7-8-20(19)36-2)22-21-24(32-31-22)29-26(30-25(21)35)33-11-9-27(10-12-33)14-16-5-3-4-6-18(16)23(27)28/h3-8,13,23,34H,1,9-12,14,28H2,2H3,(H2,29,30,31,32,35)/t23-/m1/s1. The van der Waals surface area contributed by atoms with Gasteiger partial charge in [-0.1, -0.05) is 30.8 Å². The topological polar surface area (TPSA) is 133 Å². The largest absolute Gasteiger partial charge is 0.508 e. The Labute approximate surface area is 207 Å². The zero-order chi connectivity index (χ0) is 25.0. The van der Waals surface area contributed by atoms with Crippen LogP contribution in [0.4, 0.5) is 5.95 Å². The molecule has 0 amide bonds. The molecule has 5 N–H and O–H groups in total. The third kappa shape index (κ3) is 3.38. The lowest BCUT2D eigenvalue weighted by Gasteiger charge is -2.42. The number of methoxy groups -OCH3 is 1. The quantitative estimate of drug-likeness (QED) is 0.349. The second kappa shape index (κ2) is 8.23. The van der Waals surface area contributed by atoms with E-state index in [4.69, 9.17) is 10.5 Å². The van der Waals surface area contributed by atoms with Gasteiger partial charge in [0.25, 0.3) is 5.56 Å². The average molecular weight is 485 g/mol. The van der Waals surface area contributed by atoms with Crippen LogP contribution in [0.5, 0.6) is 11.5 Å². The normalized spacial score (nSPS) is 18.5. The molecule has 1 fully saturated rings. The van der Waals surface area contributed by atoms with Crippen LogP contribution in [0.2, 0.25) is 0 Å². The van der Waals surface area contributed by atoms with Crippen LogP contribution < -0.4 is 20.9 Å². The molecule has 2 aromatic carbocycles. The number of nitrogens with two attached hydrogens (primary N) is 1. The molecule has 0 saturated carbocycles. The van der Waals surface area contributed by atoms with Gasteiger partial charge in [0, 0.05) is 30.3 Å². The minimum atomic E-state index is -0.302. The molecule has 2 aromatic heterocycles. The number of piperidine rings is 1. The molecule has 9 nitrogen and oxygen atoms in total. The lowest BCUT2D eigenvalue weighted by atomic mass is 9.73. The molecule has 1 atom stereocenters. The van der Waals surface area contributed by atoms with Gasteiger partial charge in [-0.15, -0.1) is 0 Å². The van der Waals surface area contributed by atoms with Crippen molar-refractivity contribution >= 4 is 22.6 Å². The van der Waals surface area contributed by atoms with Crippen molar-refractivity contribution in [3.63, 3.8) is 0 Å². The molecule has 1 spiro atoms. The Morgan fingerprint density at radius 2 is 2.03 bits per heavy atom. The molecule has 1 saturated heterocycles. The number of aromatic nitrogens is 4. The summed E-state index contributed by atoms with van der Waals surface area (Å²) in [5.41, 5.74) is 10.8. The van der Waals surface area contributed by atoms with Crippen LogP contribution in [0.3, 0.4) is 0 Å². The number of hydrogen-bond acceptors (Lipinski definition) is 7. The monoisotopic (exact) mass is 484 g/mol. The third-order valence-corrected chi connectivity index (χ3v) is 7.86. The number of phenols is 1. The number of hydrogen-bond donors (Lipinski definition) is 4. The first kappa shape index (κ1) is 22.4. The van der Waals surface area contributed by atoms with Crippen molar-refractivity contribution in [3.05, 3.63) is 81.8 Å². The Morgan fingerprint density at radius 3 is 2.78 bits per heavy atom. The summed E-state index contributed by atoms with van der Waals surface area (Å²) in [5, 5.41) is 17.5. The highest BCUT2D eigenvalue weighted by Crippen LogP contribution is 2.50. The van der Waals surface area contributed by atoms with E-state index in [1.807, 2.05) is 0 Å². The SMILES string of the molecule is C=C(c1cc(O)ccc1OC)c1n[nH]c2nc(N3CCC4(CC3)Cc3ccccc3[C@H]4N)[nH]c(=O)c12. The summed E-state index contributed by atoms with van der Waals surface area (Å²) in [6, 6.07) is 13.2. The number of fused-ring (bicyclic) bond motifs is 2. The number of rotatable bonds is 4. The van der Waals surface area contributed by atoms with Gasteiger partial charge in [-0.25, -0.2) is 0 Å². The molecule has 2 aliphatic rings. The number of H-pyrrole nitrogens is 2. The number of nitrogens with zero attached hydrogens (tertiary/aromatic N) is 3. The minimum absolute atomic E-state index is 0.0286. The fourth-order valence-electron chi connectivity index (χ4n) is 5.82. The molecule has 1 aliphatic heterocycles. The van der Waals surface area contributed by atoms with E-state index in [9.17, 15) is 9.90 Å². The highest BCUT2D eigenvalue weighted by Gasteiger charge is 2.46. The lowest BCUT2D eigenvalue weighted by molar-refractivity contribution is 0.187. The van der Waals surface area contributed by atoms with Gasteiger partial charge in [0.05, 0.1) is 7.11 Å². The van der Waals surface area contributed by atoms with Gasteiger partial charge >= 0.3 is 0 Å². The fourth-order valence-corrected chi connectivity index (χ4v) is 5.82. The fraction of sp³-hybridized carbons (Fsp3) is 0.296. The molecule has 3 heterocycles. The van der Waals surface area contributed by atoms with Gasteiger partial charge in [-0.05, 0) is 54.0 Å². The van der Waals surface area contributed by atoms with Crippen molar-refractivity contribution in [2.75, 3.05) is 25.1 Å². The summed E-state index contributed by atoms with van der Waals surface area (Å²) in [6.45, 7) is 5.62. The predicted octanol–water partition coefficient (Wildman–Crippen LogP) is 3.26. The maximum Gasteiger partial charge on any atom is 0.264 e. The van der Waals surface area contributed by atoms with Gasteiger partial charge < -0.3 is 20.5 Å². The zero-order valence-corrected chi connectivity index (χ0v) is 20.0. The number of anilines is 1. The maximum atomic E-state index is 13.2. The summed E-state index contributed by atoms with van der Waals surface area (Å²) in [7, 11) is 1.53. The van der Waals surface area contributed by atoms with Crippen LogP contribution in [0.25, 0.3) is 16.6 Å². The molecule has 0 unspecified atom stereocenters. The maximum absolute atomic E-state index is 13.2. The number of benzene rings is 2. The number of ether oxygens (including phenoxy) is 1. The number of phenolic OH excluding ortho intramolecular Hbond substituents is 1. The minimum Gasteiger partial charge on any atom is -0.508 e. The van der Waals surface area contributed by atoms with E-state index in [0.29, 0.717) is 39.6 Å². The van der Waals surface area contributed by atoms with E-state index in [1.165, 1.54) is 30.4 Å². The average Bonchev–Trinajstić information content (AvgIpc) is 3.44. The van der Waals surface area contributed by atoms with Crippen molar-refractivity contribution in [3.8, 4) is 11.5 Å². The Hall–Kier alpha value is -4.11. The number of aromatic hydroxyl groups is 1. The van der Waals surface area contributed by atoms with Crippen molar-refractivity contribution < 1.29 is 9.84 Å². The van der Waals surface area contributed by atoms with Crippen LogP contribution in [0.1, 0.15) is 41.3 Å². The Morgan fingerprint density at radius 1 is 1.25 bits per heavy atom. The zero-order valence-electron chi connectivity index (χ0n) is 20.0. The Bertz CT molecular complexity index is 1550. The molecule has 1 aliphatic carbocycles. The molecule has 184 valence electrons. The Balaban J connectivity index is 1.27. The van der Waals surface area contributed by atoms with E-state index < -0.39 is 0 Å². The molecule has 9 heteroatoms. The summed E-state index contributed by atoms with van der Waals surface area (Å²) < 4.78 is 5.40. The van der Waals surface area contributed by atoms with E-state index in [2.05, 4.69) is 55.9 Å². The van der Waals surface area contributed by atoms with Crippen LogP contribution in [-0.2, 0) is 6.42 Å². The molecule has 6 rings (SSSR count). The second-order valence-corrected chi connectivity index (χ2v) is 9.75. The molecule has 0 radical (unpaired) electrons. The van der Waals surface area contributed by atoms with Crippen molar-refractivity contribution in [2.24, 2.45) is 11.1 Å². The number of aromatic amines is 2. The van der Waals surface area contributed by atoms with E-state index in [0.717, 1.165) is 32.4 Å². The van der Waals surface area contributed by atoms with Crippen molar-refractivity contribution in [2.45, 2.75) is 25.3 Å². The first-order valence-electron chi connectivity index (χ1n) is 12.0. The molecule has 4 aromatic rings. The van der Waals surface area contributed by atoms with Gasteiger partial charge in [-0.2, -0.15) is 10.1 Å². The van der Waals surface area contributed by atoms with Gasteiger partial charge in [0.2, 0.25) is 5.95 Å². The van der Waals surface area contributed by atoms with E-state index in [-0.39, 0.29) is 22.8 Å². The van der Waals surface area contributed by atoms with Crippen LogP contribution in [-0.4, -0.2) is 45.5 Å². The summed E-state index contributed by atoms with van der Waals surface area (Å²) in [6.07, 6.45) is 2.84. The second-order valence-electron chi connectivity index (χ2n) is 9.75.